The molecule has 202 valence electrons. The van der Waals surface area contributed by atoms with Gasteiger partial charge < -0.3 is 15.5 Å². The molecule has 1 fully saturated rings. The SMILES string of the molecule is CNC[C@H]1CC[C@H](n2c(NC(C)C)nc3c(c2=O)C[C@@H](C)N(C(=O)c2ccc(Br)c(C(F)(F)F)c2)C3)C1. The average Bonchev–Trinajstić information content (AvgIpc) is 3.26. The topological polar surface area (TPSA) is 79.3 Å². The molecule has 2 aliphatic rings. The van der Waals surface area contributed by atoms with Gasteiger partial charge in [0.25, 0.3) is 11.5 Å². The van der Waals surface area contributed by atoms with Crippen molar-refractivity contribution in [2.24, 2.45) is 5.92 Å². The zero-order chi connectivity index (χ0) is 27.1. The van der Waals surface area contributed by atoms with E-state index < -0.39 is 17.6 Å². The number of aromatic nitrogens is 2. The first-order valence-corrected chi connectivity index (χ1v) is 13.4. The van der Waals surface area contributed by atoms with E-state index in [0.29, 0.717) is 29.5 Å². The van der Waals surface area contributed by atoms with Crippen molar-refractivity contribution in [2.75, 3.05) is 18.9 Å². The summed E-state index contributed by atoms with van der Waals surface area (Å²) >= 11 is 2.92. The molecule has 0 unspecified atom stereocenters. The minimum absolute atomic E-state index is 0.0366. The maximum Gasteiger partial charge on any atom is 0.417 e. The van der Waals surface area contributed by atoms with Crippen LogP contribution in [-0.2, 0) is 19.1 Å². The molecule has 1 saturated carbocycles. The van der Waals surface area contributed by atoms with Crippen LogP contribution in [0.5, 0.6) is 0 Å². The van der Waals surface area contributed by atoms with Gasteiger partial charge in [0.05, 0.1) is 17.8 Å². The van der Waals surface area contributed by atoms with Gasteiger partial charge in [0.15, 0.2) is 0 Å². The maximum absolute atomic E-state index is 13.8. The summed E-state index contributed by atoms with van der Waals surface area (Å²) in [5.74, 6) is 0.453. The number of benzene rings is 1. The third kappa shape index (κ3) is 5.72. The molecule has 37 heavy (non-hydrogen) atoms. The predicted molar refractivity (Wildman–Crippen MR) is 140 cm³/mol. The van der Waals surface area contributed by atoms with E-state index in [2.05, 4.69) is 26.6 Å². The third-order valence-corrected chi connectivity index (χ3v) is 7.91. The number of alkyl halides is 3. The summed E-state index contributed by atoms with van der Waals surface area (Å²) in [6.45, 7) is 6.71. The predicted octanol–water partition coefficient (Wildman–Crippen LogP) is 4.99. The number of carbonyl (C=O) groups excluding carboxylic acids is 1. The molecule has 1 aliphatic carbocycles. The van der Waals surface area contributed by atoms with Gasteiger partial charge in [0, 0.05) is 33.7 Å². The van der Waals surface area contributed by atoms with Gasteiger partial charge in [0.2, 0.25) is 5.95 Å². The van der Waals surface area contributed by atoms with E-state index in [9.17, 15) is 22.8 Å². The van der Waals surface area contributed by atoms with Crippen molar-refractivity contribution in [3.8, 4) is 0 Å². The molecular weight excluding hydrogens is 551 g/mol. The number of hydrogen-bond donors (Lipinski definition) is 2. The van der Waals surface area contributed by atoms with E-state index in [0.717, 1.165) is 31.9 Å². The van der Waals surface area contributed by atoms with Crippen molar-refractivity contribution in [3.05, 3.63) is 55.4 Å². The fourth-order valence-electron chi connectivity index (χ4n) is 5.44. The van der Waals surface area contributed by atoms with E-state index in [-0.39, 0.29) is 40.3 Å². The van der Waals surface area contributed by atoms with Crippen molar-refractivity contribution in [3.63, 3.8) is 0 Å². The molecule has 2 N–H and O–H groups in total. The Balaban J connectivity index is 1.69. The normalized spacial score (nSPS) is 21.9. The van der Waals surface area contributed by atoms with Crippen LogP contribution in [-0.4, -0.2) is 46.0 Å². The van der Waals surface area contributed by atoms with E-state index in [1.54, 1.807) is 4.57 Å². The van der Waals surface area contributed by atoms with Crippen LogP contribution in [0, 0.1) is 5.92 Å². The monoisotopic (exact) mass is 583 g/mol. The fourth-order valence-corrected chi connectivity index (χ4v) is 5.91. The van der Waals surface area contributed by atoms with Gasteiger partial charge in [-0.2, -0.15) is 13.2 Å². The van der Waals surface area contributed by atoms with Crippen LogP contribution < -0.4 is 16.2 Å². The molecule has 0 bridgehead atoms. The first kappa shape index (κ1) is 27.6. The molecular formula is C26H33BrF3N5O2. The number of anilines is 1. The molecule has 0 spiro atoms. The quantitative estimate of drug-likeness (QED) is 0.500. The van der Waals surface area contributed by atoms with Gasteiger partial charge in [-0.25, -0.2) is 4.98 Å². The van der Waals surface area contributed by atoms with Gasteiger partial charge in [-0.1, -0.05) is 15.9 Å². The van der Waals surface area contributed by atoms with E-state index >= 15 is 0 Å². The summed E-state index contributed by atoms with van der Waals surface area (Å²) in [5, 5.41) is 6.53. The summed E-state index contributed by atoms with van der Waals surface area (Å²) in [4.78, 5) is 33.4. The first-order valence-electron chi connectivity index (χ1n) is 12.6. The van der Waals surface area contributed by atoms with Gasteiger partial charge >= 0.3 is 6.18 Å². The molecule has 1 aromatic heterocycles. The highest BCUT2D eigenvalue weighted by Gasteiger charge is 2.37. The molecule has 2 aromatic rings. The van der Waals surface area contributed by atoms with Gasteiger partial charge in [-0.3, -0.25) is 14.2 Å². The summed E-state index contributed by atoms with van der Waals surface area (Å²) in [7, 11) is 1.93. The zero-order valence-electron chi connectivity index (χ0n) is 21.5. The molecule has 2 heterocycles. The molecule has 0 saturated heterocycles. The molecule has 7 nitrogen and oxygen atoms in total. The van der Waals surface area contributed by atoms with E-state index in [4.69, 9.17) is 4.98 Å². The van der Waals surface area contributed by atoms with Crippen molar-refractivity contribution in [1.29, 1.82) is 0 Å². The Bertz CT molecular complexity index is 1230. The highest BCUT2D eigenvalue weighted by Crippen LogP contribution is 2.37. The highest BCUT2D eigenvalue weighted by atomic mass is 79.9. The second-order valence-corrected chi connectivity index (χ2v) is 11.3. The second-order valence-electron chi connectivity index (χ2n) is 10.4. The number of nitrogens with one attached hydrogen (secondary N) is 2. The van der Waals surface area contributed by atoms with Crippen LogP contribution >= 0.6 is 15.9 Å². The lowest BCUT2D eigenvalue weighted by molar-refractivity contribution is -0.138. The summed E-state index contributed by atoms with van der Waals surface area (Å²) in [5.41, 5.74) is 0.0240. The Morgan fingerprint density at radius 2 is 2.00 bits per heavy atom. The third-order valence-electron chi connectivity index (χ3n) is 7.21. The lowest BCUT2D eigenvalue weighted by Gasteiger charge is -2.35. The van der Waals surface area contributed by atoms with Crippen LogP contribution in [0.4, 0.5) is 19.1 Å². The molecule has 4 rings (SSSR count). The van der Waals surface area contributed by atoms with Crippen LogP contribution in [0.1, 0.15) is 73.3 Å². The standard InChI is InChI=1S/C26H33BrF3N5O2/c1-14(2)32-25-33-22-13-34(23(36)17-6-8-21(27)20(11-17)26(28,29)30)15(3)9-19(22)24(37)35(25)18-7-5-16(10-18)12-31-4/h6,8,11,14-16,18,31H,5,7,9-10,12-13H2,1-4H3,(H,32,33)/t15-,16+,18+/m1/s1. The zero-order valence-corrected chi connectivity index (χ0v) is 23.0. The van der Waals surface area contributed by atoms with Crippen LogP contribution in [0.25, 0.3) is 0 Å². The van der Waals surface area contributed by atoms with Gasteiger partial charge in [-0.15, -0.1) is 0 Å². The summed E-state index contributed by atoms with van der Waals surface area (Å²) in [6.07, 6.45) is -1.48. The lowest BCUT2D eigenvalue weighted by atomic mass is 9.98. The first-order chi connectivity index (χ1) is 17.4. The van der Waals surface area contributed by atoms with Crippen LogP contribution in [0.3, 0.4) is 0 Å². The van der Waals surface area contributed by atoms with Crippen LogP contribution in [0.15, 0.2) is 27.5 Å². The number of amides is 1. The van der Waals surface area contributed by atoms with Gasteiger partial charge in [0.1, 0.15) is 0 Å². The number of halogens is 4. The molecule has 11 heteroatoms. The number of nitrogens with zero attached hydrogens (tertiary/aromatic N) is 3. The van der Waals surface area contributed by atoms with Crippen molar-refractivity contribution >= 4 is 27.8 Å². The van der Waals surface area contributed by atoms with Crippen molar-refractivity contribution < 1.29 is 18.0 Å². The Labute approximate surface area is 223 Å². The van der Waals surface area contributed by atoms with Gasteiger partial charge in [-0.05, 0) is 84.2 Å². The molecule has 1 amide bonds. The number of rotatable bonds is 6. The lowest BCUT2D eigenvalue weighted by Crippen LogP contribution is -2.46. The molecule has 3 atom stereocenters. The summed E-state index contributed by atoms with van der Waals surface area (Å²) < 4.78 is 41.9. The Morgan fingerprint density at radius 3 is 2.65 bits per heavy atom. The molecule has 0 radical (unpaired) electrons. The fraction of sp³-hybridized carbons (Fsp3) is 0.577. The minimum Gasteiger partial charge on any atom is -0.353 e. The highest BCUT2D eigenvalue weighted by molar-refractivity contribution is 9.10. The maximum atomic E-state index is 13.8. The second kappa shape index (κ2) is 10.8. The Hall–Kier alpha value is -2.40. The number of hydrogen-bond acceptors (Lipinski definition) is 5. The smallest absolute Gasteiger partial charge is 0.353 e. The number of fused-ring (bicyclic) bond motifs is 1. The largest absolute Gasteiger partial charge is 0.417 e. The Morgan fingerprint density at radius 1 is 1.27 bits per heavy atom. The van der Waals surface area contributed by atoms with E-state index in [1.165, 1.54) is 17.0 Å². The minimum atomic E-state index is -4.59. The summed E-state index contributed by atoms with van der Waals surface area (Å²) in [6, 6.07) is 3.20. The number of carbonyl (C=O) groups is 1. The Kier molecular flexibility index (Phi) is 8.04. The van der Waals surface area contributed by atoms with Crippen molar-refractivity contribution in [2.45, 2.75) is 77.3 Å². The molecule has 1 aromatic carbocycles. The molecule has 1 aliphatic heterocycles. The van der Waals surface area contributed by atoms with E-state index in [1.807, 2.05) is 27.8 Å². The van der Waals surface area contributed by atoms with Crippen molar-refractivity contribution in [1.82, 2.24) is 19.8 Å². The average molecular weight is 584 g/mol. The van der Waals surface area contributed by atoms with Crippen LogP contribution in [0.2, 0.25) is 0 Å².